The summed E-state index contributed by atoms with van der Waals surface area (Å²) < 4.78 is 10.9. The van der Waals surface area contributed by atoms with E-state index in [4.69, 9.17) is 9.47 Å². The van der Waals surface area contributed by atoms with Crippen molar-refractivity contribution in [2.24, 2.45) is 5.92 Å². The van der Waals surface area contributed by atoms with Gasteiger partial charge in [0, 0.05) is 17.5 Å². The number of aryl methyl sites for hydroxylation is 1. The Bertz CT molecular complexity index is 1100. The van der Waals surface area contributed by atoms with E-state index in [-0.39, 0.29) is 6.04 Å². The maximum Gasteiger partial charge on any atom is 0.162 e. The molecule has 5 nitrogen and oxygen atoms in total. The summed E-state index contributed by atoms with van der Waals surface area (Å²) in [4.78, 5) is 9.27. The summed E-state index contributed by atoms with van der Waals surface area (Å²) in [6.07, 6.45) is 11.4. The molecule has 0 radical (unpaired) electrons. The van der Waals surface area contributed by atoms with E-state index in [1.165, 1.54) is 43.2 Å². The number of allylic oxidation sites excluding steroid dienone is 1. The zero-order valence-electron chi connectivity index (χ0n) is 19.5. The van der Waals surface area contributed by atoms with Crippen LogP contribution in [0.5, 0.6) is 11.5 Å². The fourth-order valence-corrected chi connectivity index (χ4v) is 4.48. The number of hydrogen-bond acceptors (Lipinski definition) is 5. The lowest BCUT2D eigenvalue weighted by Gasteiger charge is -2.19. The van der Waals surface area contributed by atoms with Gasteiger partial charge in [-0.2, -0.15) is 0 Å². The molecule has 0 saturated heterocycles. The van der Waals surface area contributed by atoms with Crippen LogP contribution in [0.1, 0.15) is 62.0 Å². The highest BCUT2D eigenvalue weighted by Crippen LogP contribution is 2.35. The van der Waals surface area contributed by atoms with Crippen molar-refractivity contribution in [1.29, 1.82) is 0 Å². The Labute approximate surface area is 190 Å². The lowest BCUT2D eigenvalue weighted by Crippen LogP contribution is -2.10. The summed E-state index contributed by atoms with van der Waals surface area (Å²) >= 11 is 0. The van der Waals surface area contributed by atoms with E-state index < -0.39 is 0 Å². The third-order valence-electron chi connectivity index (χ3n) is 6.29. The number of methoxy groups -OCH3 is 2. The minimum absolute atomic E-state index is 0.0867. The van der Waals surface area contributed by atoms with Gasteiger partial charge in [-0.05, 0) is 55.9 Å². The SMILES string of the molecule is COc1cc2nc(C)nc(NC(C)c3cccc(/C=C/C4CCCCC4)c3)c2cc1OC. The van der Waals surface area contributed by atoms with E-state index >= 15 is 0 Å². The minimum atomic E-state index is 0.0867. The van der Waals surface area contributed by atoms with Gasteiger partial charge in [0.2, 0.25) is 0 Å². The molecule has 1 atom stereocenters. The molecule has 3 aromatic rings. The van der Waals surface area contributed by atoms with Crippen molar-refractivity contribution in [3.8, 4) is 11.5 Å². The number of ether oxygens (including phenoxy) is 2. The number of hydrogen-bond donors (Lipinski definition) is 1. The molecule has 168 valence electrons. The molecule has 1 heterocycles. The van der Waals surface area contributed by atoms with Crippen molar-refractivity contribution in [1.82, 2.24) is 9.97 Å². The molecule has 5 heteroatoms. The molecule has 0 aliphatic heterocycles. The smallest absolute Gasteiger partial charge is 0.162 e. The number of fused-ring (bicyclic) bond motifs is 1. The van der Waals surface area contributed by atoms with Crippen LogP contribution in [0.2, 0.25) is 0 Å². The van der Waals surface area contributed by atoms with E-state index in [1.54, 1.807) is 14.2 Å². The van der Waals surface area contributed by atoms with E-state index in [0.717, 1.165) is 22.6 Å². The highest BCUT2D eigenvalue weighted by molar-refractivity contribution is 5.92. The third-order valence-corrected chi connectivity index (χ3v) is 6.29. The lowest BCUT2D eigenvalue weighted by molar-refractivity contribution is 0.356. The molecule has 0 spiro atoms. The van der Waals surface area contributed by atoms with Gasteiger partial charge in [0.15, 0.2) is 11.5 Å². The first-order chi connectivity index (χ1) is 15.6. The fraction of sp³-hybridized carbons (Fsp3) is 0.407. The largest absolute Gasteiger partial charge is 0.493 e. The summed E-state index contributed by atoms with van der Waals surface area (Å²) in [5, 5.41) is 4.50. The Morgan fingerprint density at radius 2 is 1.75 bits per heavy atom. The molecule has 32 heavy (non-hydrogen) atoms. The monoisotopic (exact) mass is 431 g/mol. The van der Waals surface area contributed by atoms with Crippen LogP contribution in [-0.2, 0) is 0 Å². The molecule has 1 fully saturated rings. The van der Waals surface area contributed by atoms with Gasteiger partial charge in [-0.25, -0.2) is 9.97 Å². The van der Waals surface area contributed by atoms with Crippen molar-refractivity contribution >= 4 is 22.8 Å². The number of benzene rings is 2. The van der Waals surface area contributed by atoms with Crippen LogP contribution in [0.3, 0.4) is 0 Å². The van der Waals surface area contributed by atoms with Gasteiger partial charge >= 0.3 is 0 Å². The van der Waals surface area contributed by atoms with Gasteiger partial charge in [-0.15, -0.1) is 0 Å². The predicted octanol–water partition coefficient (Wildman–Crippen LogP) is 6.72. The lowest BCUT2D eigenvalue weighted by atomic mass is 9.88. The first-order valence-electron chi connectivity index (χ1n) is 11.5. The molecule has 1 aliphatic rings. The van der Waals surface area contributed by atoms with Gasteiger partial charge in [0.1, 0.15) is 11.6 Å². The van der Waals surface area contributed by atoms with Gasteiger partial charge in [0.25, 0.3) is 0 Å². The molecule has 1 aliphatic carbocycles. The quantitative estimate of drug-likeness (QED) is 0.450. The van der Waals surface area contributed by atoms with E-state index in [0.29, 0.717) is 17.3 Å². The molecular formula is C27H33N3O2. The molecule has 2 aromatic carbocycles. The summed E-state index contributed by atoms with van der Waals surface area (Å²) in [5.41, 5.74) is 3.30. The van der Waals surface area contributed by atoms with Gasteiger partial charge in [0.05, 0.1) is 19.7 Å². The zero-order valence-corrected chi connectivity index (χ0v) is 19.5. The molecule has 1 aromatic heterocycles. The van der Waals surface area contributed by atoms with Crippen LogP contribution in [0.4, 0.5) is 5.82 Å². The van der Waals surface area contributed by atoms with Crippen molar-refractivity contribution < 1.29 is 9.47 Å². The number of anilines is 1. The van der Waals surface area contributed by atoms with E-state index in [1.807, 2.05) is 19.1 Å². The Hall–Kier alpha value is -3.08. The topological polar surface area (TPSA) is 56.3 Å². The van der Waals surface area contributed by atoms with Crippen molar-refractivity contribution in [2.75, 3.05) is 19.5 Å². The highest BCUT2D eigenvalue weighted by atomic mass is 16.5. The Morgan fingerprint density at radius 3 is 2.50 bits per heavy atom. The Kier molecular flexibility index (Phi) is 6.93. The second-order valence-electron chi connectivity index (χ2n) is 8.64. The maximum absolute atomic E-state index is 5.50. The number of aromatic nitrogens is 2. The van der Waals surface area contributed by atoms with Crippen LogP contribution in [0.15, 0.2) is 42.5 Å². The van der Waals surface area contributed by atoms with Crippen molar-refractivity contribution in [3.05, 3.63) is 59.4 Å². The van der Waals surface area contributed by atoms with Crippen LogP contribution in [0, 0.1) is 12.8 Å². The Balaban J connectivity index is 1.58. The molecule has 1 unspecified atom stereocenters. The van der Waals surface area contributed by atoms with E-state index in [2.05, 4.69) is 58.6 Å². The summed E-state index contributed by atoms with van der Waals surface area (Å²) in [6, 6.07) is 12.7. The van der Waals surface area contributed by atoms with Crippen LogP contribution >= 0.6 is 0 Å². The second kappa shape index (κ2) is 10.0. The molecule has 1 N–H and O–H groups in total. The summed E-state index contributed by atoms with van der Waals surface area (Å²) in [7, 11) is 3.27. The van der Waals surface area contributed by atoms with Crippen LogP contribution in [0.25, 0.3) is 17.0 Å². The van der Waals surface area contributed by atoms with E-state index in [9.17, 15) is 0 Å². The van der Waals surface area contributed by atoms with Gasteiger partial charge in [-0.3, -0.25) is 0 Å². The Morgan fingerprint density at radius 1 is 1.00 bits per heavy atom. The van der Waals surface area contributed by atoms with Crippen LogP contribution < -0.4 is 14.8 Å². The first-order valence-corrected chi connectivity index (χ1v) is 11.5. The van der Waals surface area contributed by atoms with Crippen molar-refractivity contribution in [3.63, 3.8) is 0 Å². The zero-order chi connectivity index (χ0) is 22.5. The summed E-state index contributed by atoms with van der Waals surface area (Å²) in [6.45, 7) is 4.07. The fourth-order valence-electron chi connectivity index (χ4n) is 4.48. The molecule has 1 saturated carbocycles. The summed E-state index contributed by atoms with van der Waals surface area (Å²) in [5.74, 6) is 3.56. The number of rotatable bonds is 7. The molecular weight excluding hydrogens is 398 g/mol. The molecule has 4 rings (SSSR count). The average molecular weight is 432 g/mol. The van der Waals surface area contributed by atoms with Crippen molar-refractivity contribution in [2.45, 2.75) is 52.0 Å². The van der Waals surface area contributed by atoms with Gasteiger partial charge < -0.3 is 14.8 Å². The minimum Gasteiger partial charge on any atom is -0.493 e. The molecule has 0 bridgehead atoms. The molecule has 0 amide bonds. The second-order valence-corrected chi connectivity index (χ2v) is 8.64. The maximum atomic E-state index is 5.50. The average Bonchev–Trinajstić information content (AvgIpc) is 2.82. The highest BCUT2D eigenvalue weighted by Gasteiger charge is 2.15. The number of nitrogens with zero attached hydrogens (tertiary/aromatic N) is 2. The predicted molar refractivity (Wildman–Crippen MR) is 131 cm³/mol. The first kappa shape index (κ1) is 22.1. The number of nitrogens with one attached hydrogen (secondary N) is 1. The third kappa shape index (κ3) is 5.04. The van der Waals surface area contributed by atoms with Gasteiger partial charge in [-0.1, -0.05) is 49.6 Å². The standard InChI is InChI=1S/C27H33N3O2/c1-18(22-12-8-11-21(15-22)14-13-20-9-6-5-7-10-20)28-27-23-16-25(31-3)26(32-4)17-24(23)29-19(2)30-27/h8,11-18,20H,5-7,9-10H2,1-4H3,(H,28,29,30)/b14-13+. The normalized spacial score (nSPS) is 15.8. The van der Waals surface area contributed by atoms with Crippen LogP contribution in [-0.4, -0.2) is 24.2 Å².